The molecule has 0 fully saturated rings. The van der Waals surface area contributed by atoms with Gasteiger partial charge in [0.05, 0.1) is 5.21 Å². The highest BCUT2D eigenvalue weighted by atomic mass is 79.9. The van der Waals surface area contributed by atoms with Gasteiger partial charge in [-0.3, -0.25) is 0 Å². The van der Waals surface area contributed by atoms with Crippen molar-refractivity contribution in [3.05, 3.63) is 40.6 Å². The number of carbonyl (C=O) groups is 1. The van der Waals surface area contributed by atoms with E-state index in [9.17, 15) is 9.90 Å². The molecule has 0 atom stereocenters. The van der Waals surface area contributed by atoms with Gasteiger partial charge in [0.1, 0.15) is 6.54 Å². The molecule has 0 aliphatic carbocycles. The highest BCUT2D eigenvalue weighted by molar-refractivity contribution is 9.10. The summed E-state index contributed by atoms with van der Waals surface area (Å²) in [4.78, 5) is 11.2. The largest absolute Gasteiger partial charge is 0.475 e. The number of benzene rings is 1. The molecule has 0 aliphatic heterocycles. The van der Waals surface area contributed by atoms with E-state index < -0.39 is 5.97 Å². The molecular weight excluding hydrogens is 298 g/mol. The fourth-order valence-electron chi connectivity index (χ4n) is 1.64. The second-order valence-electron chi connectivity index (χ2n) is 3.86. The molecule has 6 heteroatoms. The van der Waals surface area contributed by atoms with Crippen molar-refractivity contribution in [2.75, 3.05) is 0 Å². The van der Waals surface area contributed by atoms with E-state index in [0.717, 1.165) is 16.6 Å². The van der Waals surface area contributed by atoms with Crippen molar-refractivity contribution in [2.24, 2.45) is 0 Å². The summed E-state index contributed by atoms with van der Waals surface area (Å²) < 4.78 is 4.02. The summed E-state index contributed by atoms with van der Waals surface area (Å²) >= 11 is 3.34. The number of rotatable bonds is 4. The number of carboxylic acid groups (broad SMARTS) is 1. The van der Waals surface area contributed by atoms with Crippen molar-refractivity contribution >= 4 is 21.9 Å². The minimum atomic E-state index is -0.986. The van der Waals surface area contributed by atoms with E-state index in [-0.39, 0.29) is 5.69 Å². The molecule has 0 amide bonds. The van der Waals surface area contributed by atoms with Crippen LogP contribution in [0.15, 0.2) is 34.9 Å². The Morgan fingerprint density at radius 1 is 1.44 bits per heavy atom. The molecule has 0 unspecified atom stereocenters. The van der Waals surface area contributed by atoms with Crippen LogP contribution in [0.5, 0.6) is 0 Å². The average Bonchev–Trinajstić information content (AvgIpc) is 2.75. The smallest absolute Gasteiger partial charge is 0.382 e. The minimum Gasteiger partial charge on any atom is -0.475 e. The van der Waals surface area contributed by atoms with E-state index in [1.807, 2.05) is 31.2 Å². The van der Waals surface area contributed by atoms with E-state index in [1.54, 1.807) is 10.9 Å². The van der Waals surface area contributed by atoms with Gasteiger partial charge in [-0.25, -0.2) is 4.79 Å². The van der Waals surface area contributed by atoms with Gasteiger partial charge in [0.2, 0.25) is 0 Å². The van der Waals surface area contributed by atoms with Crippen LogP contribution in [0.2, 0.25) is 0 Å². The van der Waals surface area contributed by atoms with Crippen LogP contribution < -0.4 is 4.68 Å². The Bertz CT molecular complexity index is 563. The van der Waals surface area contributed by atoms with Gasteiger partial charge < -0.3 is 5.11 Å². The van der Waals surface area contributed by atoms with Gasteiger partial charge in [-0.15, -0.1) is 4.68 Å². The quantitative estimate of drug-likeness (QED) is 0.879. The zero-order chi connectivity index (χ0) is 13.1. The molecule has 5 nitrogen and oxygen atoms in total. The highest BCUT2D eigenvalue weighted by Crippen LogP contribution is 2.14. The number of aryl methyl sites for hydroxylation is 1. The molecule has 0 bridgehead atoms. The first-order valence-electron chi connectivity index (χ1n) is 5.61. The van der Waals surface area contributed by atoms with Crippen molar-refractivity contribution in [3.8, 4) is 5.69 Å². The Balaban J connectivity index is 2.47. The van der Waals surface area contributed by atoms with Crippen molar-refractivity contribution in [2.45, 2.75) is 19.9 Å². The Hall–Kier alpha value is -1.69. The van der Waals surface area contributed by atoms with Gasteiger partial charge >= 0.3 is 5.97 Å². The zero-order valence-electron chi connectivity index (χ0n) is 9.88. The van der Waals surface area contributed by atoms with Gasteiger partial charge in [-0.1, -0.05) is 27.5 Å². The third kappa shape index (κ3) is 2.59. The highest BCUT2D eigenvalue weighted by Gasteiger charge is 2.23. The van der Waals surface area contributed by atoms with E-state index in [1.165, 1.54) is 4.68 Å². The van der Waals surface area contributed by atoms with Crippen LogP contribution in [0.3, 0.4) is 0 Å². The summed E-state index contributed by atoms with van der Waals surface area (Å²) in [6.45, 7) is 2.72. The number of nitrogens with zero attached hydrogens (tertiary/aromatic N) is 3. The molecule has 0 radical (unpaired) electrons. The Morgan fingerprint density at radius 2 is 2.11 bits per heavy atom. The molecule has 1 aromatic heterocycles. The molecule has 1 aromatic carbocycles. The topological polar surface area (TPSA) is 59.0 Å². The molecule has 0 spiro atoms. The molecule has 94 valence electrons. The van der Waals surface area contributed by atoms with Crippen molar-refractivity contribution in [3.63, 3.8) is 0 Å². The molecule has 2 aromatic rings. The number of carboxylic acids is 1. The Kier molecular flexibility index (Phi) is 3.76. The van der Waals surface area contributed by atoms with Crippen LogP contribution in [-0.2, 0) is 6.54 Å². The van der Waals surface area contributed by atoms with E-state index in [4.69, 9.17) is 0 Å². The molecule has 18 heavy (non-hydrogen) atoms. The lowest BCUT2D eigenvalue weighted by Crippen LogP contribution is -2.35. The normalized spacial score (nSPS) is 10.6. The number of aromatic nitrogens is 3. The maximum Gasteiger partial charge on any atom is 0.382 e. The standard InChI is InChI=1S/C12H12BrN3O2/c1-2-7-15-8-11(12(17)18)16(14-15)10-5-3-9(13)4-6-10/h3-6,8H,2,7H2,1H3/p+1. The lowest BCUT2D eigenvalue weighted by atomic mass is 10.3. The minimum absolute atomic E-state index is 0.158. The molecule has 2 rings (SSSR count). The summed E-state index contributed by atoms with van der Waals surface area (Å²) in [5, 5.41) is 13.4. The van der Waals surface area contributed by atoms with Crippen LogP contribution in [0, 0.1) is 0 Å². The Labute approximate surface area is 113 Å². The predicted octanol–water partition coefficient (Wildman–Crippen LogP) is 2.03. The third-order valence-corrected chi connectivity index (χ3v) is 2.98. The van der Waals surface area contributed by atoms with Gasteiger partial charge in [-0.2, -0.15) is 0 Å². The molecule has 0 saturated heterocycles. The molecular formula is C12H13BrN3O2+. The van der Waals surface area contributed by atoms with E-state index in [2.05, 4.69) is 21.1 Å². The van der Waals surface area contributed by atoms with Gasteiger partial charge in [0, 0.05) is 4.47 Å². The summed E-state index contributed by atoms with van der Waals surface area (Å²) in [5.41, 5.74) is 0.885. The summed E-state index contributed by atoms with van der Waals surface area (Å²) in [5.74, 6) is -0.986. The van der Waals surface area contributed by atoms with Crippen molar-refractivity contribution < 1.29 is 14.6 Å². The first-order chi connectivity index (χ1) is 8.61. The van der Waals surface area contributed by atoms with E-state index in [0.29, 0.717) is 6.54 Å². The van der Waals surface area contributed by atoms with E-state index >= 15 is 0 Å². The van der Waals surface area contributed by atoms with Crippen molar-refractivity contribution in [1.29, 1.82) is 0 Å². The van der Waals surface area contributed by atoms with Gasteiger partial charge in [0.15, 0.2) is 11.9 Å². The Morgan fingerprint density at radius 3 is 2.67 bits per heavy atom. The molecule has 1 N–H and O–H groups in total. The summed E-state index contributed by atoms with van der Waals surface area (Å²) in [7, 11) is 0. The number of hydrogen-bond donors (Lipinski definition) is 1. The van der Waals surface area contributed by atoms with Crippen molar-refractivity contribution in [1.82, 2.24) is 9.90 Å². The van der Waals surface area contributed by atoms with Gasteiger partial charge in [0.25, 0.3) is 5.69 Å². The molecule has 0 aliphatic rings. The zero-order valence-corrected chi connectivity index (χ0v) is 11.5. The van der Waals surface area contributed by atoms with Crippen LogP contribution in [0.4, 0.5) is 0 Å². The second kappa shape index (κ2) is 5.30. The maximum atomic E-state index is 11.2. The fourth-order valence-corrected chi connectivity index (χ4v) is 1.91. The lowest BCUT2D eigenvalue weighted by Gasteiger charge is -1.95. The predicted molar refractivity (Wildman–Crippen MR) is 68.7 cm³/mol. The average molecular weight is 311 g/mol. The third-order valence-electron chi connectivity index (χ3n) is 2.45. The van der Waals surface area contributed by atoms with Crippen LogP contribution in [-0.4, -0.2) is 21.0 Å². The van der Waals surface area contributed by atoms with Gasteiger partial charge in [-0.05, 0) is 30.7 Å². The first kappa shape index (κ1) is 12.8. The van der Waals surface area contributed by atoms with Crippen LogP contribution in [0.25, 0.3) is 5.69 Å². The van der Waals surface area contributed by atoms with Crippen LogP contribution >= 0.6 is 15.9 Å². The number of aromatic carboxylic acids is 1. The first-order valence-corrected chi connectivity index (χ1v) is 6.40. The van der Waals surface area contributed by atoms with Crippen LogP contribution in [0.1, 0.15) is 23.8 Å². The second-order valence-corrected chi connectivity index (χ2v) is 4.78. The molecule has 1 heterocycles. The SMILES string of the molecule is CCC[n+]1cc(C(=O)O)n(-c2ccc(Br)cc2)n1. The number of halogens is 1. The lowest BCUT2D eigenvalue weighted by molar-refractivity contribution is -0.754. The molecule has 0 saturated carbocycles. The fraction of sp³-hybridized carbons (Fsp3) is 0.250. The maximum absolute atomic E-state index is 11.2. The summed E-state index contributed by atoms with van der Waals surface area (Å²) in [6.07, 6.45) is 2.45. The monoisotopic (exact) mass is 310 g/mol. The number of hydrogen-bond acceptors (Lipinski definition) is 2. The summed E-state index contributed by atoms with van der Waals surface area (Å²) in [6, 6.07) is 7.35.